The largest absolute Gasteiger partial charge is 0.496 e. The summed E-state index contributed by atoms with van der Waals surface area (Å²) >= 11 is 0. The van der Waals surface area contributed by atoms with Gasteiger partial charge in [0.1, 0.15) is 5.75 Å². The highest BCUT2D eigenvalue weighted by atomic mass is 16.5. The molecule has 0 saturated heterocycles. The van der Waals surface area contributed by atoms with Crippen LogP contribution >= 0.6 is 0 Å². The Labute approximate surface area is 99.0 Å². The molecule has 1 rings (SSSR count). The number of aryl methyl sites for hydroxylation is 1. The van der Waals surface area contributed by atoms with E-state index in [0.717, 1.165) is 12.3 Å². The van der Waals surface area contributed by atoms with E-state index < -0.39 is 0 Å². The zero-order chi connectivity index (χ0) is 12.0. The van der Waals surface area contributed by atoms with Gasteiger partial charge in [-0.2, -0.15) is 0 Å². The molecule has 1 atom stereocenters. The average molecular weight is 221 g/mol. The van der Waals surface area contributed by atoms with Crippen LogP contribution in [0.1, 0.15) is 43.9 Å². The van der Waals surface area contributed by atoms with Crippen LogP contribution in [0.5, 0.6) is 5.75 Å². The van der Waals surface area contributed by atoms with Crippen molar-refractivity contribution in [2.45, 2.75) is 39.7 Å². The third-order valence-electron chi connectivity index (χ3n) is 2.86. The highest BCUT2D eigenvalue weighted by molar-refractivity contribution is 5.37. The second-order valence-electron chi connectivity index (χ2n) is 4.13. The monoisotopic (exact) mass is 221 g/mol. The number of hydrogen-bond donors (Lipinski definition) is 1. The summed E-state index contributed by atoms with van der Waals surface area (Å²) in [7, 11) is 1.73. The number of hydrogen-bond acceptors (Lipinski definition) is 2. The molecule has 0 fully saturated rings. The minimum Gasteiger partial charge on any atom is -0.496 e. The van der Waals surface area contributed by atoms with Crippen molar-refractivity contribution in [1.29, 1.82) is 0 Å². The standard InChI is InChI=1S/C14H23NO/c1-5-7-13(15-6-2)12-9-8-11(3)14(10-12)16-4/h8-10,13,15H,5-7H2,1-4H3. The first-order valence-electron chi connectivity index (χ1n) is 6.10. The van der Waals surface area contributed by atoms with E-state index >= 15 is 0 Å². The van der Waals surface area contributed by atoms with Crippen LogP contribution in [0.15, 0.2) is 18.2 Å². The SMILES string of the molecule is CCCC(NCC)c1ccc(C)c(OC)c1. The fourth-order valence-corrected chi connectivity index (χ4v) is 1.97. The Morgan fingerprint density at radius 2 is 2.06 bits per heavy atom. The minimum atomic E-state index is 0.449. The Kier molecular flexibility index (Phi) is 5.33. The topological polar surface area (TPSA) is 21.3 Å². The number of nitrogens with one attached hydrogen (secondary N) is 1. The van der Waals surface area contributed by atoms with Crippen LogP contribution in [0.3, 0.4) is 0 Å². The third-order valence-corrected chi connectivity index (χ3v) is 2.86. The molecule has 0 aromatic heterocycles. The number of rotatable bonds is 6. The minimum absolute atomic E-state index is 0.449. The summed E-state index contributed by atoms with van der Waals surface area (Å²) in [6, 6.07) is 6.93. The van der Waals surface area contributed by atoms with E-state index in [1.54, 1.807) is 7.11 Å². The second-order valence-corrected chi connectivity index (χ2v) is 4.13. The van der Waals surface area contributed by atoms with Crippen LogP contribution < -0.4 is 10.1 Å². The zero-order valence-electron chi connectivity index (χ0n) is 10.8. The van der Waals surface area contributed by atoms with Gasteiger partial charge in [-0.3, -0.25) is 0 Å². The summed E-state index contributed by atoms with van der Waals surface area (Å²) in [6.07, 6.45) is 2.36. The van der Waals surface area contributed by atoms with Gasteiger partial charge >= 0.3 is 0 Å². The van der Waals surface area contributed by atoms with Crippen LogP contribution in [-0.2, 0) is 0 Å². The molecule has 1 N–H and O–H groups in total. The predicted octanol–water partition coefficient (Wildman–Crippen LogP) is 3.45. The van der Waals surface area contributed by atoms with Crippen molar-refractivity contribution >= 4 is 0 Å². The fourth-order valence-electron chi connectivity index (χ4n) is 1.97. The van der Waals surface area contributed by atoms with Gasteiger partial charge in [0.05, 0.1) is 7.11 Å². The molecular weight excluding hydrogens is 198 g/mol. The van der Waals surface area contributed by atoms with Crippen molar-refractivity contribution in [2.24, 2.45) is 0 Å². The van der Waals surface area contributed by atoms with E-state index in [2.05, 4.69) is 44.3 Å². The van der Waals surface area contributed by atoms with Gasteiger partial charge in [0.2, 0.25) is 0 Å². The summed E-state index contributed by atoms with van der Waals surface area (Å²) in [5.74, 6) is 0.983. The molecule has 90 valence electrons. The first-order chi connectivity index (χ1) is 7.72. The molecule has 0 saturated carbocycles. The number of benzene rings is 1. The Morgan fingerprint density at radius 1 is 1.31 bits per heavy atom. The normalized spacial score (nSPS) is 12.5. The van der Waals surface area contributed by atoms with E-state index in [0.29, 0.717) is 6.04 Å². The van der Waals surface area contributed by atoms with Crippen LogP contribution in [0, 0.1) is 6.92 Å². The van der Waals surface area contributed by atoms with Crippen LogP contribution in [0.2, 0.25) is 0 Å². The predicted molar refractivity (Wildman–Crippen MR) is 69.1 cm³/mol. The lowest BCUT2D eigenvalue weighted by molar-refractivity contribution is 0.409. The van der Waals surface area contributed by atoms with E-state index in [9.17, 15) is 0 Å². The van der Waals surface area contributed by atoms with Gasteiger partial charge in [-0.15, -0.1) is 0 Å². The van der Waals surface area contributed by atoms with Crippen LogP contribution in [0.4, 0.5) is 0 Å². The summed E-state index contributed by atoms with van der Waals surface area (Å²) in [6.45, 7) is 7.44. The summed E-state index contributed by atoms with van der Waals surface area (Å²) in [4.78, 5) is 0. The highest BCUT2D eigenvalue weighted by Crippen LogP contribution is 2.25. The summed E-state index contributed by atoms with van der Waals surface area (Å²) < 4.78 is 5.36. The summed E-state index contributed by atoms with van der Waals surface area (Å²) in [5.41, 5.74) is 2.52. The first-order valence-corrected chi connectivity index (χ1v) is 6.10. The second kappa shape index (κ2) is 6.54. The lowest BCUT2D eigenvalue weighted by atomic mass is 10.0. The van der Waals surface area contributed by atoms with Gasteiger partial charge in [0.25, 0.3) is 0 Å². The van der Waals surface area contributed by atoms with Gasteiger partial charge in [0, 0.05) is 6.04 Å². The average Bonchev–Trinajstić information content (AvgIpc) is 2.29. The Balaban J connectivity index is 2.90. The van der Waals surface area contributed by atoms with Gasteiger partial charge < -0.3 is 10.1 Å². The fraction of sp³-hybridized carbons (Fsp3) is 0.571. The van der Waals surface area contributed by atoms with Crippen molar-refractivity contribution in [3.05, 3.63) is 29.3 Å². The zero-order valence-corrected chi connectivity index (χ0v) is 10.8. The molecule has 0 radical (unpaired) electrons. The maximum Gasteiger partial charge on any atom is 0.122 e. The number of ether oxygens (including phenoxy) is 1. The third kappa shape index (κ3) is 3.24. The molecule has 2 nitrogen and oxygen atoms in total. The molecule has 0 bridgehead atoms. The Morgan fingerprint density at radius 3 is 2.62 bits per heavy atom. The maximum absolute atomic E-state index is 5.36. The van der Waals surface area contributed by atoms with Crippen LogP contribution in [-0.4, -0.2) is 13.7 Å². The molecular formula is C14H23NO. The van der Waals surface area contributed by atoms with Gasteiger partial charge in [-0.25, -0.2) is 0 Å². The van der Waals surface area contributed by atoms with Crippen molar-refractivity contribution in [3.63, 3.8) is 0 Å². The smallest absolute Gasteiger partial charge is 0.122 e. The van der Waals surface area contributed by atoms with Crippen molar-refractivity contribution in [1.82, 2.24) is 5.32 Å². The molecule has 0 amide bonds. The van der Waals surface area contributed by atoms with E-state index in [1.807, 2.05) is 0 Å². The summed E-state index contributed by atoms with van der Waals surface area (Å²) in [5, 5.41) is 3.52. The highest BCUT2D eigenvalue weighted by Gasteiger charge is 2.10. The molecule has 0 spiro atoms. The lowest BCUT2D eigenvalue weighted by Crippen LogP contribution is -2.20. The van der Waals surface area contributed by atoms with Crippen molar-refractivity contribution in [2.75, 3.05) is 13.7 Å². The van der Waals surface area contributed by atoms with E-state index in [4.69, 9.17) is 4.74 Å². The van der Waals surface area contributed by atoms with Gasteiger partial charge in [-0.1, -0.05) is 32.4 Å². The molecule has 16 heavy (non-hydrogen) atoms. The van der Waals surface area contributed by atoms with E-state index in [1.165, 1.54) is 24.0 Å². The molecule has 0 aliphatic heterocycles. The Bertz CT molecular complexity index is 317. The quantitative estimate of drug-likeness (QED) is 0.794. The van der Waals surface area contributed by atoms with Crippen molar-refractivity contribution < 1.29 is 4.74 Å². The molecule has 1 aromatic rings. The molecule has 0 heterocycles. The maximum atomic E-state index is 5.36. The van der Waals surface area contributed by atoms with Crippen molar-refractivity contribution in [3.8, 4) is 5.75 Å². The van der Waals surface area contributed by atoms with Crippen LogP contribution in [0.25, 0.3) is 0 Å². The Hall–Kier alpha value is -1.02. The van der Waals surface area contributed by atoms with E-state index in [-0.39, 0.29) is 0 Å². The molecule has 2 heteroatoms. The lowest BCUT2D eigenvalue weighted by Gasteiger charge is -2.19. The van der Waals surface area contributed by atoms with Gasteiger partial charge in [0.15, 0.2) is 0 Å². The molecule has 0 aliphatic carbocycles. The van der Waals surface area contributed by atoms with Gasteiger partial charge in [-0.05, 0) is 37.1 Å². The first kappa shape index (κ1) is 13.0. The molecule has 1 aromatic carbocycles. The number of methoxy groups -OCH3 is 1. The molecule has 0 aliphatic rings. The molecule has 1 unspecified atom stereocenters.